The van der Waals surface area contributed by atoms with Crippen molar-refractivity contribution in [1.29, 1.82) is 0 Å². The highest BCUT2D eigenvalue weighted by Crippen LogP contribution is 2.37. The predicted molar refractivity (Wildman–Crippen MR) is 169 cm³/mol. The average molecular weight is 570 g/mol. The number of para-hydroxylation sites is 2. The first-order chi connectivity index (χ1) is 20.5. The van der Waals surface area contributed by atoms with Gasteiger partial charge in [-0.05, 0) is 79.2 Å². The van der Waals surface area contributed by atoms with E-state index in [4.69, 9.17) is 4.42 Å². The molecule has 1 aromatic heterocycles. The van der Waals surface area contributed by atoms with Crippen LogP contribution in [0.4, 0.5) is 11.4 Å². The third kappa shape index (κ3) is 6.27. The standard InChI is InChI=1S/C35H27N3O3S/c1-23-9-7-12-26(21-23)33(39)37-28-13-8-14-29(22-28)42-32(24-10-3-2-4-11-24)34(40)36-27-19-17-25(18-20-27)35-38-30-15-5-6-16-31(30)41-35/h2-22,32H,1H3,(H,36,40)(H,37,39). The molecule has 6 aromatic rings. The number of oxazole rings is 1. The number of thioether (sulfide) groups is 1. The van der Waals surface area contributed by atoms with E-state index in [0.29, 0.717) is 22.8 Å². The summed E-state index contributed by atoms with van der Waals surface area (Å²) in [6.45, 7) is 1.95. The van der Waals surface area contributed by atoms with Gasteiger partial charge in [0.25, 0.3) is 5.91 Å². The number of aryl methyl sites for hydroxylation is 1. The minimum atomic E-state index is -0.523. The lowest BCUT2D eigenvalue weighted by molar-refractivity contribution is -0.115. The molecule has 1 unspecified atom stereocenters. The molecular formula is C35H27N3O3S. The Balaban J connectivity index is 1.19. The van der Waals surface area contributed by atoms with Gasteiger partial charge in [-0.2, -0.15) is 0 Å². The Hall–Kier alpha value is -5.14. The van der Waals surface area contributed by atoms with Gasteiger partial charge in [-0.25, -0.2) is 4.98 Å². The molecule has 0 saturated heterocycles. The number of carbonyl (C=O) groups is 2. The summed E-state index contributed by atoms with van der Waals surface area (Å²) in [7, 11) is 0. The molecule has 0 spiro atoms. The van der Waals surface area contributed by atoms with E-state index in [1.807, 2.05) is 128 Å². The highest BCUT2D eigenvalue weighted by Gasteiger charge is 2.23. The number of aromatic nitrogens is 1. The van der Waals surface area contributed by atoms with Gasteiger partial charge in [-0.3, -0.25) is 9.59 Å². The van der Waals surface area contributed by atoms with E-state index in [-0.39, 0.29) is 11.8 Å². The van der Waals surface area contributed by atoms with E-state index in [0.717, 1.165) is 32.7 Å². The van der Waals surface area contributed by atoms with Crippen LogP contribution < -0.4 is 10.6 Å². The van der Waals surface area contributed by atoms with Gasteiger partial charge in [0.15, 0.2) is 5.58 Å². The second-order valence-corrected chi connectivity index (χ2v) is 11.0. The van der Waals surface area contributed by atoms with E-state index >= 15 is 0 Å². The Morgan fingerprint density at radius 3 is 2.29 bits per heavy atom. The van der Waals surface area contributed by atoms with Crippen LogP contribution in [0.1, 0.15) is 26.7 Å². The summed E-state index contributed by atoms with van der Waals surface area (Å²) in [6.07, 6.45) is 0. The van der Waals surface area contributed by atoms with Gasteiger partial charge in [-0.1, -0.05) is 66.2 Å². The Bertz CT molecular complexity index is 1830. The molecule has 206 valence electrons. The summed E-state index contributed by atoms with van der Waals surface area (Å²) >= 11 is 1.42. The van der Waals surface area contributed by atoms with E-state index in [1.54, 1.807) is 6.07 Å². The number of benzene rings is 5. The number of amides is 2. The van der Waals surface area contributed by atoms with Gasteiger partial charge < -0.3 is 15.1 Å². The van der Waals surface area contributed by atoms with Gasteiger partial charge in [-0.15, -0.1) is 11.8 Å². The van der Waals surface area contributed by atoms with Crippen molar-refractivity contribution < 1.29 is 14.0 Å². The van der Waals surface area contributed by atoms with Crippen LogP contribution in [0.3, 0.4) is 0 Å². The first-order valence-electron chi connectivity index (χ1n) is 13.5. The van der Waals surface area contributed by atoms with Crippen molar-refractivity contribution in [1.82, 2.24) is 4.98 Å². The van der Waals surface area contributed by atoms with Crippen LogP contribution in [0.5, 0.6) is 0 Å². The second kappa shape index (κ2) is 12.2. The van der Waals surface area contributed by atoms with E-state index < -0.39 is 5.25 Å². The minimum Gasteiger partial charge on any atom is -0.436 e. The number of hydrogen-bond acceptors (Lipinski definition) is 5. The molecule has 0 saturated carbocycles. The molecule has 2 amide bonds. The molecular weight excluding hydrogens is 542 g/mol. The highest BCUT2D eigenvalue weighted by atomic mass is 32.2. The number of carbonyl (C=O) groups excluding carboxylic acids is 2. The topological polar surface area (TPSA) is 84.2 Å². The third-order valence-electron chi connectivity index (χ3n) is 6.66. The quantitative estimate of drug-likeness (QED) is 0.180. The molecule has 5 aromatic carbocycles. The van der Waals surface area contributed by atoms with Crippen LogP contribution in [0.15, 0.2) is 137 Å². The summed E-state index contributed by atoms with van der Waals surface area (Å²) in [5.74, 6) is 0.190. The van der Waals surface area contributed by atoms with Crippen LogP contribution in [0.2, 0.25) is 0 Å². The maximum absolute atomic E-state index is 13.6. The summed E-state index contributed by atoms with van der Waals surface area (Å²) < 4.78 is 5.87. The molecule has 0 aliphatic heterocycles. The van der Waals surface area contributed by atoms with Crippen molar-refractivity contribution in [3.63, 3.8) is 0 Å². The zero-order valence-corrected chi connectivity index (χ0v) is 23.6. The lowest BCUT2D eigenvalue weighted by Gasteiger charge is -2.18. The first kappa shape index (κ1) is 27.1. The molecule has 0 bridgehead atoms. The van der Waals surface area contributed by atoms with Gasteiger partial charge in [0, 0.05) is 27.4 Å². The number of fused-ring (bicyclic) bond motifs is 1. The Morgan fingerprint density at radius 1 is 0.738 bits per heavy atom. The Labute approximate surface area is 247 Å². The van der Waals surface area contributed by atoms with Crippen LogP contribution >= 0.6 is 11.8 Å². The van der Waals surface area contributed by atoms with Gasteiger partial charge in [0.1, 0.15) is 10.8 Å². The summed E-state index contributed by atoms with van der Waals surface area (Å²) in [4.78, 5) is 31.8. The minimum absolute atomic E-state index is 0.157. The molecule has 42 heavy (non-hydrogen) atoms. The molecule has 0 radical (unpaired) electrons. The van der Waals surface area contributed by atoms with Crippen LogP contribution in [0.25, 0.3) is 22.6 Å². The summed E-state index contributed by atoms with van der Waals surface area (Å²) in [5, 5.41) is 5.51. The van der Waals surface area contributed by atoms with Crippen LogP contribution in [-0.2, 0) is 4.79 Å². The first-order valence-corrected chi connectivity index (χ1v) is 14.4. The highest BCUT2D eigenvalue weighted by molar-refractivity contribution is 8.00. The monoisotopic (exact) mass is 569 g/mol. The number of nitrogens with one attached hydrogen (secondary N) is 2. The molecule has 0 aliphatic carbocycles. The maximum Gasteiger partial charge on any atom is 0.255 e. The summed E-state index contributed by atoms with van der Waals surface area (Å²) in [5.41, 5.74) is 6.16. The molecule has 1 heterocycles. The van der Waals surface area contributed by atoms with Crippen molar-refractivity contribution in [2.45, 2.75) is 17.1 Å². The van der Waals surface area contributed by atoms with Gasteiger partial charge in [0.2, 0.25) is 11.8 Å². The van der Waals surface area contributed by atoms with Crippen molar-refractivity contribution in [3.05, 3.63) is 144 Å². The maximum atomic E-state index is 13.6. The molecule has 0 aliphatic rings. The fraction of sp³-hybridized carbons (Fsp3) is 0.0571. The van der Waals surface area contributed by atoms with Crippen molar-refractivity contribution >= 4 is 46.1 Å². The fourth-order valence-electron chi connectivity index (χ4n) is 4.57. The van der Waals surface area contributed by atoms with Crippen LogP contribution in [0, 0.1) is 6.92 Å². The molecule has 7 heteroatoms. The molecule has 6 rings (SSSR count). The zero-order chi connectivity index (χ0) is 28.9. The Kier molecular flexibility index (Phi) is 7.83. The summed E-state index contributed by atoms with van der Waals surface area (Å²) in [6, 6.07) is 39.7. The SMILES string of the molecule is Cc1cccc(C(=O)Nc2cccc(SC(C(=O)Nc3ccc(-c4nc5ccccc5o4)cc3)c3ccccc3)c2)c1. The lowest BCUT2D eigenvalue weighted by Crippen LogP contribution is -2.19. The van der Waals surface area contributed by atoms with Crippen LogP contribution in [-0.4, -0.2) is 16.8 Å². The van der Waals surface area contributed by atoms with Crippen molar-refractivity contribution in [3.8, 4) is 11.5 Å². The lowest BCUT2D eigenvalue weighted by atomic mass is 10.1. The van der Waals surface area contributed by atoms with E-state index in [2.05, 4.69) is 15.6 Å². The molecule has 0 fully saturated rings. The van der Waals surface area contributed by atoms with Gasteiger partial charge in [0.05, 0.1) is 0 Å². The van der Waals surface area contributed by atoms with E-state index in [1.165, 1.54) is 11.8 Å². The number of nitrogens with zero attached hydrogens (tertiary/aromatic N) is 1. The normalized spacial score (nSPS) is 11.6. The number of anilines is 2. The number of hydrogen-bond donors (Lipinski definition) is 2. The smallest absolute Gasteiger partial charge is 0.255 e. The zero-order valence-electron chi connectivity index (χ0n) is 22.8. The van der Waals surface area contributed by atoms with Crippen molar-refractivity contribution in [2.75, 3.05) is 10.6 Å². The number of rotatable bonds is 8. The molecule has 1 atom stereocenters. The third-order valence-corrected chi connectivity index (χ3v) is 7.91. The second-order valence-electron chi connectivity index (χ2n) is 9.81. The predicted octanol–water partition coefficient (Wildman–Crippen LogP) is 8.53. The van der Waals surface area contributed by atoms with Gasteiger partial charge >= 0.3 is 0 Å². The van der Waals surface area contributed by atoms with Crippen molar-refractivity contribution in [2.24, 2.45) is 0 Å². The molecule has 2 N–H and O–H groups in total. The van der Waals surface area contributed by atoms with E-state index in [9.17, 15) is 9.59 Å². The fourth-order valence-corrected chi connectivity index (χ4v) is 5.66. The average Bonchev–Trinajstić information content (AvgIpc) is 3.45. The largest absolute Gasteiger partial charge is 0.436 e. The Morgan fingerprint density at radius 2 is 1.50 bits per heavy atom. The molecule has 6 nitrogen and oxygen atoms in total.